The minimum absolute atomic E-state index is 0.123. The summed E-state index contributed by atoms with van der Waals surface area (Å²) in [5.41, 5.74) is 1.62. The molecule has 2 N–H and O–H groups in total. The Morgan fingerprint density at radius 3 is 2.33 bits per heavy atom. The van der Waals surface area contributed by atoms with Gasteiger partial charge in [0.25, 0.3) is 5.91 Å². The minimum atomic E-state index is -0.668. The van der Waals surface area contributed by atoms with Crippen LogP contribution in [0.3, 0.4) is 0 Å². The van der Waals surface area contributed by atoms with Gasteiger partial charge in [-0.25, -0.2) is 4.79 Å². The van der Waals surface area contributed by atoms with Crippen LogP contribution in [0, 0.1) is 0 Å². The monoisotopic (exact) mass is 282 g/mol. The summed E-state index contributed by atoms with van der Waals surface area (Å²) >= 11 is 0. The highest BCUT2D eigenvalue weighted by atomic mass is 16.3. The fourth-order valence-electron chi connectivity index (χ4n) is 2.44. The molecule has 5 nitrogen and oxygen atoms in total. The molecule has 0 bridgehead atoms. The van der Waals surface area contributed by atoms with Crippen LogP contribution in [0.25, 0.3) is 0 Å². The summed E-state index contributed by atoms with van der Waals surface area (Å²) in [6, 6.07) is 14.7. The lowest BCUT2D eigenvalue weighted by atomic mass is 10.1. The molecule has 3 rings (SSSR count). The van der Waals surface area contributed by atoms with Crippen LogP contribution in [-0.2, 0) is 11.3 Å². The van der Waals surface area contributed by atoms with Crippen molar-refractivity contribution >= 4 is 11.9 Å². The Bertz CT molecular complexity index is 668. The second-order valence-electron chi connectivity index (χ2n) is 4.90. The van der Waals surface area contributed by atoms with Crippen LogP contribution in [0.4, 0.5) is 4.79 Å². The molecule has 1 aliphatic heterocycles. The quantitative estimate of drug-likeness (QED) is 0.848. The summed E-state index contributed by atoms with van der Waals surface area (Å²) in [5.74, 6) is -0.222. The van der Waals surface area contributed by atoms with Crippen molar-refractivity contribution in [2.24, 2.45) is 0 Å². The molecule has 0 saturated carbocycles. The third-order valence-corrected chi connectivity index (χ3v) is 3.46. The predicted molar refractivity (Wildman–Crippen MR) is 76.4 cm³/mol. The molecule has 21 heavy (non-hydrogen) atoms. The average molecular weight is 282 g/mol. The number of phenols is 1. The number of nitrogens with zero attached hydrogens (tertiary/aromatic N) is 1. The number of benzene rings is 2. The Labute approximate surface area is 121 Å². The lowest BCUT2D eigenvalue weighted by Gasteiger charge is -2.22. The van der Waals surface area contributed by atoms with Gasteiger partial charge in [-0.1, -0.05) is 42.5 Å². The summed E-state index contributed by atoms with van der Waals surface area (Å²) in [6.45, 7) is 0.351. The van der Waals surface area contributed by atoms with Crippen molar-refractivity contribution in [2.45, 2.75) is 12.6 Å². The molecule has 2 aromatic carbocycles. The number of carbonyl (C=O) groups is 2. The smallest absolute Gasteiger partial charge is 0.325 e. The zero-order valence-corrected chi connectivity index (χ0v) is 11.2. The van der Waals surface area contributed by atoms with Gasteiger partial charge in [0.15, 0.2) is 0 Å². The van der Waals surface area contributed by atoms with Crippen LogP contribution < -0.4 is 5.32 Å². The summed E-state index contributed by atoms with van der Waals surface area (Å²) in [4.78, 5) is 25.5. The number of imide groups is 1. The zero-order chi connectivity index (χ0) is 14.8. The maximum Gasteiger partial charge on any atom is 0.325 e. The first kappa shape index (κ1) is 13.2. The van der Waals surface area contributed by atoms with E-state index in [-0.39, 0.29) is 11.7 Å². The third kappa shape index (κ3) is 2.58. The van der Waals surface area contributed by atoms with E-state index in [0.29, 0.717) is 12.1 Å². The largest absolute Gasteiger partial charge is 0.508 e. The highest BCUT2D eigenvalue weighted by molar-refractivity contribution is 6.04. The van der Waals surface area contributed by atoms with Crippen molar-refractivity contribution in [2.75, 3.05) is 0 Å². The zero-order valence-electron chi connectivity index (χ0n) is 11.2. The molecule has 0 aliphatic carbocycles. The highest BCUT2D eigenvalue weighted by Gasteiger charge is 2.39. The van der Waals surface area contributed by atoms with Gasteiger partial charge in [-0.3, -0.25) is 10.1 Å². The van der Waals surface area contributed by atoms with Crippen molar-refractivity contribution in [3.05, 3.63) is 65.7 Å². The first-order chi connectivity index (χ1) is 10.1. The second-order valence-corrected chi connectivity index (χ2v) is 4.90. The fraction of sp³-hybridized carbons (Fsp3) is 0.125. The summed E-state index contributed by atoms with van der Waals surface area (Å²) in [5, 5.41) is 11.7. The van der Waals surface area contributed by atoms with Crippen LogP contribution in [0.1, 0.15) is 17.2 Å². The molecule has 3 amide bonds. The topological polar surface area (TPSA) is 69.6 Å². The number of rotatable bonds is 3. The molecule has 2 aromatic rings. The Morgan fingerprint density at radius 2 is 1.67 bits per heavy atom. The van der Waals surface area contributed by atoms with E-state index in [4.69, 9.17) is 0 Å². The van der Waals surface area contributed by atoms with E-state index in [2.05, 4.69) is 5.32 Å². The van der Waals surface area contributed by atoms with Gasteiger partial charge >= 0.3 is 6.03 Å². The van der Waals surface area contributed by atoms with Crippen molar-refractivity contribution in [3.8, 4) is 5.75 Å². The second kappa shape index (κ2) is 5.28. The van der Waals surface area contributed by atoms with Crippen LogP contribution in [-0.4, -0.2) is 21.9 Å². The molecule has 0 spiro atoms. The molecule has 1 heterocycles. The van der Waals surface area contributed by atoms with Gasteiger partial charge in [-0.15, -0.1) is 0 Å². The molecule has 1 aliphatic rings. The summed E-state index contributed by atoms with van der Waals surface area (Å²) < 4.78 is 0. The number of carbonyl (C=O) groups excluding carboxylic acids is 2. The lowest BCUT2D eigenvalue weighted by molar-refractivity contribution is -0.121. The highest BCUT2D eigenvalue weighted by Crippen LogP contribution is 2.28. The van der Waals surface area contributed by atoms with Gasteiger partial charge in [-0.05, 0) is 23.3 Å². The Kier molecular flexibility index (Phi) is 3.31. The Hall–Kier alpha value is -2.82. The van der Waals surface area contributed by atoms with Gasteiger partial charge in [0, 0.05) is 6.54 Å². The van der Waals surface area contributed by atoms with Gasteiger partial charge in [0.1, 0.15) is 11.8 Å². The molecule has 1 saturated heterocycles. The minimum Gasteiger partial charge on any atom is -0.508 e. The van der Waals surface area contributed by atoms with Gasteiger partial charge < -0.3 is 10.0 Å². The van der Waals surface area contributed by atoms with Gasteiger partial charge in [0.05, 0.1) is 0 Å². The third-order valence-electron chi connectivity index (χ3n) is 3.46. The first-order valence-electron chi connectivity index (χ1n) is 6.59. The number of aromatic hydroxyl groups is 1. The molecule has 1 unspecified atom stereocenters. The molecule has 1 atom stereocenters. The molecular formula is C16H14N2O3. The molecule has 5 heteroatoms. The van der Waals surface area contributed by atoms with Crippen molar-refractivity contribution in [1.29, 1.82) is 0 Å². The van der Waals surface area contributed by atoms with Crippen molar-refractivity contribution in [1.82, 2.24) is 10.2 Å². The van der Waals surface area contributed by atoms with Gasteiger partial charge in [0.2, 0.25) is 0 Å². The van der Waals surface area contributed by atoms with E-state index in [1.807, 2.05) is 30.3 Å². The number of hydrogen-bond donors (Lipinski definition) is 2. The standard InChI is InChI=1S/C16H14N2O3/c19-13-8-6-12(7-9-13)14-15(20)17-16(21)18(14)10-11-4-2-1-3-5-11/h1-9,14,19H,10H2,(H,17,20,21). The van der Waals surface area contributed by atoms with Crippen LogP contribution >= 0.6 is 0 Å². The normalized spacial score (nSPS) is 17.9. The summed E-state index contributed by atoms with van der Waals surface area (Å²) in [7, 11) is 0. The van der Waals surface area contributed by atoms with Crippen LogP contribution in [0.2, 0.25) is 0 Å². The molecule has 0 radical (unpaired) electrons. The van der Waals surface area contributed by atoms with Crippen LogP contribution in [0.5, 0.6) is 5.75 Å². The predicted octanol–water partition coefficient (Wildman–Crippen LogP) is 2.19. The van der Waals surface area contributed by atoms with E-state index in [1.54, 1.807) is 12.1 Å². The maximum atomic E-state index is 12.0. The summed E-state index contributed by atoms with van der Waals surface area (Å²) in [6.07, 6.45) is 0. The van der Waals surface area contributed by atoms with E-state index < -0.39 is 12.1 Å². The number of nitrogens with one attached hydrogen (secondary N) is 1. The lowest BCUT2D eigenvalue weighted by Crippen LogP contribution is -2.29. The Morgan fingerprint density at radius 1 is 1.00 bits per heavy atom. The van der Waals surface area contributed by atoms with E-state index in [0.717, 1.165) is 5.56 Å². The molecular weight excluding hydrogens is 268 g/mol. The SMILES string of the molecule is O=C1NC(=O)N(Cc2ccccc2)C1c1ccc(O)cc1. The molecule has 106 valence electrons. The van der Waals surface area contributed by atoms with E-state index >= 15 is 0 Å². The number of urea groups is 1. The Balaban J connectivity index is 1.91. The maximum absolute atomic E-state index is 12.0. The molecule has 1 fully saturated rings. The van der Waals surface area contributed by atoms with Crippen LogP contribution in [0.15, 0.2) is 54.6 Å². The fourth-order valence-corrected chi connectivity index (χ4v) is 2.44. The first-order valence-corrected chi connectivity index (χ1v) is 6.59. The number of hydrogen-bond acceptors (Lipinski definition) is 3. The van der Waals surface area contributed by atoms with Crippen molar-refractivity contribution < 1.29 is 14.7 Å². The molecule has 0 aromatic heterocycles. The van der Waals surface area contributed by atoms with E-state index in [9.17, 15) is 14.7 Å². The van der Waals surface area contributed by atoms with Crippen molar-refractivity contribution in [3.63, 3.8) is 0 Å². The number of amides is 3. The van der Waals surface area contributed by atoms with E-state index in [1.165, 1.54) is 17.0 Å². The average Bonchev–Trinajstić information content (AvgIpc) is 2.76. The van der Waals surface area contributed by atoms with Gasteiger partial charge in [-0.2, -0.15) is 0 Å². The number of phenolic OH excluding ortho intramolecular Hbond substituents is 1.